The summed E-state index contributed by atoms with van der Waals surface area (Å²) in [6.07, 6.45) is 1.78. The second kappa shape index (κ2) is 33.6. The number of hydrogen-bond acceptors (Lipinski definition) is 4. The van der Waals surface area contributed by atoms with Crippen LogP contribution in [0.2, 0.25) is 0 Å². The predicted molar refractivity (Wildman–Crippen MR) is 80.5 cm³/mol. The van der Waals surface area contributed by atoms with E-state index in [2.05, 4.69) is 0 Å². The molecule has 116 valence electrons. The first kappa shape index (κ1) is 43.5. The predicted octanol–water partition coefficient (Wildman–Crippen LogP) is -3.14. The fraction of sp³-hybridized carbons (Fsp3) is 0.917. The molecular formula is C12H32N2O3Rb2S. The molecule has 0 unspecified atom stereocenters. The van der Waals surface area contributed by atoms with Crippen LogP contribution in [0.3, 0.4) is 0 Å². The van der Waals surface area contributed by atoms with Crippen molar-refractivity contribution in [3.8, 4) is 0 Å². The van der Waals surface area contributed by atoms with Gasteiger partial charge in [-0.2, -0.15) is 6.41 Å². The van der Waals surface area contributed by atoms with Gasteiger partial charge in [-0.1, -0.05) is 50.0 Å². The van der Waals surface area contributed by atoms with E-state index in [4.69, 9.17) is 0 Å². The van der Waals surface area contributed by atoms with Gasteiger partial charge in [0.2, 0.25) is 0 Å². The van der Waals surface area contributed by atoms with Gasteiger partial charge in [0.1, 0.15) is 0 Å². The van der Waals surface area contributed by atoms with Crippen LogP contribution in [0.5, 0.6) is 0 Å². The van der Waals surface area contributed by atoms with Gasteiger partial charge in [-0.15, -0.1) is 0 Å². The minimum Gasteiger partial charge on any atom is -0.520 e. The monoisotopic (exact) mass is 454 g/mol. The van der Waals surface area contributed by atoms with Gasteiger partial charge in [0.15, 0.2) is 0 Å². The molecule has 0 saturated heterocycles. The first-order chi connectivity index (χ1) is 7.06. The molecule has 0 atom stereocenters. The maximum Gasteiger partial charge on any atom is 1.00 e. The fourth-order valence-corrected chi connectivity index (χ4v) is 1.21. The Labute approximate surface area is 227 Å². The summed E-state index contributed by atoms with van der Waals surface area (Å²) in [7, 11) is -2.02. The van der Waals surface area contributed by atoms with Crippen LogP contribution in [0.1, 0.15) is 50.0 Å². The van der Waals surface area contributed by atoms with Gasteiger partial charge in [0.05, 0.1) is 0 Å². The average Bonchev–Trinajstić information content (AvgIpc) is 2.22. The number of hydrogen-bond donors (Lipinski definition) is 0. The van der Waals surface area contributed by atoms with E-state index in [-0.39, 0.29) is 139 Å². The summed E-state index contributed by atoms with van der Waals surface area (Å²) in [6, 6.07) is 0. The molecule has 0 aromatic carbocycles. The molecule has 8 heteroatoms. The smallest absolute Gasteiger partial charge is 0.520 e. The van der Waals surface area contributed by atoms with Crippen molar-refractivity contribution in [3.05, 3.63) is 0 Å². The van der Waals surface area contributed by atoms with Crippen LogP contribution >= 0.6 is 0 Å². The van der Waals surface area contributed by atoms with E-state index in [1.165, 1.54) is 4.31 Å². The van der Waals surface area contributed by atoms with E-state index in [9.17, 15) is 13.2 Å². The van der Waals surface area contributed by atoms with Gasteiger partial charge in [-0.25, -0.2) is 0 Å². The van der Waals surface area contributed by atoms with Crippen molar-refractivity contribution in [1.82, 2.24) is 9.21 Å². The van der Waals surface area contributed by atoms with E-state index in [0.29, 0.717) is 13.1 Å². The summed E-state index contributed by atoms with van der Waals surface area (Å²) in [5.41, 5.74) is 0. The molecule has 0 heterocycles. The molecule has 0 aliphatic carbocycles. The normalized spacial score (nSPS) is 7.30. The molecule has 0 radical (unpaired) electrons. The first-order valence-electron chi connectivity index (χ1n) is 5.04. The zero-order chi connectivity index (χ0) is 12.3. The minimum atomic E-state index is -2.02. The summed E-state index contributed by atoms with van der Waals surface area (Å²) in [4.78, 5) is 11.3. The Balaban J connectivity index is -0.0000000272. The van der Waals surface area contributed by atoms with Crippen LogP contribution in [-0.4, -0.2) is 41.8 Å². The molecule has 5 nitrogen and oxygen atoms in total. The van der Waals surface area contributed by atoms with Crippen molar-refractivity contribution in [2.75, 3.05) is 26.2 Å². The first-order valence-corrected chi connectivity index (χ1v) is 6.07. The SMILES string of the molecule is C.C.C.CCN(CC)[S-](=O)=O.CCN([C-]=O)CC.[Rb+].[Rb+]. The van der Waals surface area contributed by atoms with Crippen LogP contribution in [-0.2, 0) is 24.1 Å². The Morgan fingerprint density at radius 1 is 0.800 bits per heavy atom. The van der Waals surface area contributed by atoms with Gasteiger partial charge in [0.25, 0.3) is 0 Å². The van der Waals surface area contributed by atoms with Gasteiger partial charge >= 0.3 is 116 Å². The van der Waals surface area contributed by atoms with Crippen molar-refractivity contribution in [1.29, 1.82) is 0 Å². The molecule has 1 amide bonds. The second-order valence-corrected chi connectivity index (χ2v) is 3.55. The molecule has 0 aromatic heterocycles. The van der Waals surface area contributed by atoms with E-state index in [1.807, 2.05) is 13.8 Å². The summed E-state index contributed by atoms with van der Waals surface area (Å²) in [6.45, 7) is 10.1. The van der Waals surface area contributed by atoms with Crippen LogP contribution < -0.4 is 116 Å². The zero-order valence-corrected chi connectivity index (χ0v) is 22.5. The van der Waals surface area contributed by atoms with Crippen molar-refractivity contribution in [3.63, 3.8) is 0 Å². The third kappa shape index (κ3) is 29.1. The van der Waals surface area contributed by atoms with Crippen molar-refractivity contribution >= 4 is 17.3 Å². The largest absolute Gasteiger partial charge is 1.00 e. The maximum atomic E-state index is 10.1. The molecule has 0 aromatic rings. The zero-order valence-electron chi connectivity index (χ0n) is 11.9. The number of rotatable bonds is 6. The number of amides is 1. The topological polar surface area (TPSA) is 57.7 Å². The van der Waals surface area contributed by atoms with E-state index < -0.39 is 10.9 Å². The Hall–Kier alpha value is 2.99. The number of nitrogens with zero attached hydrogens (tertiary/aromatic N) is 2. The third-order valence-electron chi connectivity index (χ3n) is 1.81. The van der Waals surface area contributed by atoms with E-state index in [1.54, 1.807) is 25.2 Å². The second-order valence-electron chi connectivity index (χ2n) is 2.59. The molecule has 20 heavy (non-hydrogen) atoms. The van der Waals surface area contributed by atoms with Crippen LogP contribution in [0.15, 0.2) is 0 Å². The summed E-state index contributed by atoms with van der Waals surface area (Å²) in [5.74, 6) is 0. The third-order valence-corrected chi connectivity index (χ3v) is 2.75. The molecule has 0 saturated carbocycles. The van der Waals surface area contributed by atoms with E-state index >= 15 is 0 Å². The van der Waals surface area contributed by atoms with E-state index in [0.717, 1.165) is 13.1 Å². The van der Waals surface area contributed by atoms with Gasteiger partial charge in [-0.05, 0) is 37.1 Å². The van der Waals surface area contributed by atoms with Crippen molar-refractivity contribution < 1.29 is 130 Å². The molecule has 0 fully saturated rings. The molecule has 0 N–H and O–H groups in total. The average molecular weight is 455 g/mol. The van der Waals surface area contributed by atoms with Crippen molar-refractivity contribution in [2.24, 2.45) is 0 Å². The summed E-state index contributed by atoms with van der Waals surface area (Å²) >= 11 is 0. The Morgan fingerprint density at radius 3 is 1.10 bits per heavy atom. The van der Waals surface area contributed by atoms with Crippen LogP contribution in [0.25, 0.3) is 0 Å². The van der Waals surface area contributed by atoms with Crippen LogP contribution in [0, 0.1) is 0 Å². The van der Waals surface area contributed by atoms with Gasteiger partial charge < -0.3 is 22.4 Å². The molecular weight excluding hydrogens is 423 g/mol. The van der Waals surface area contributed by atoms with Gasteiger partial charge in [0, 0.05) is 0 Å². The molecule has 0 spiro atoms. The molecule has 0 aliphatic heterocycles. The van der Waals surface area contributed by atoms with Crippen LogP contribution in [0.4, 0.5) is 0 Å². The standard InChI is InChI=1S/C5H10NO.C4H10NO2S.3CH4.2Rb/c1-3-6(4-2)5-7;1-3-5(4-2)8(6)7;;;;;/h3-4H2,1-2H3;3-4H2,1-2H3;3*1H4;;/q2*-1;;;;2*+1. The maximum absolute atomic E-state index is 10.1. The summed E-state index contributed by atoms with van der Waals surface area (Å²) < 4.78 is 21.5. The molecule has 0 aliphatic rings. The Bertz CT molecular complexity index is 215. The molecule has 0 rings (SSSR count). The number of carbonyl (C=O) groups excluding carboxylic acids is 1. The molecule has 0 bridgehead atoms. The van der Waals surface area contributed by atoms with Crippen molar-refractivity contribution in [2.45, 2.75) is 50.0 Å². The minimum absolute atomic E-state index is 0. The fourth-order valence-electron chi connectivity index (χ4n) is 0.787. The Morgan fingerprint density at radius 2 is 1.10 bits per heavy atom. The Kier molecular flexibility index (Phi) is 73.0. The quantitative estimate of drug-likeness (QED) is 0.242. The summed E-state index contributed by atoms with van der Waals surface area (Å²) in [5, 5.41) is 0. The van der Waals surface area contributed by atoms with Gasteiger partial charge in [-0.3, -0.25) is 0 Å².